The molecule has 6 nitrogen and oxygen atoms in total. The summed E-state index contributed by atoms with van der Waals surface area (Å²) in [5.74, 6) is 0.713. The summed E-state index contributed by atoms with van der Waals surface area (Å²) in [5.41, 5.74) is 0.603. The first kappa shape index (κ1) is 13.6. The lowest BCUT2D eigenvalue weighted by molar-refractivity contribution is 0.0906. The van der Waals surface area contributed by atoms with E-state index in [9.17, 15) is 4.79 Å². The molecule has 2 aromatic heterocycles. The second-order valence-electron chi connectivity index (χ2n) is 4.67. The lowest BCUT2D eigenvalue weighted by atomic mass is 10.2. The van der Waals surface area contributed by atoms with Crippen LogP contribution in [0.4, 0.5) is 0 Å². The Balaban J connectivity index is 1.80. The molecule has 0 spiro atoms. The fourth-order valence-corrected chi connectivity index (χ4v) is 2.13. The number of nitrogens with one attached hydrogen (secondary N) is 1. The third kappa shape index (κ3) is 2.75. The van der Waals surface area contributed by atoms with Crippen molar-refractivity contribution in [3.05, 3.63) is 46.8 Å². The number of amides is 1. The van der Waals surface area contributed by atoms with E-state index in [1.807, 2.05) is 0 Å². The normalized spacial score (nSPS) is 12.5. The number of fused-ring (bicyclic) bond motifs is 1. The Bertz CT molecular complexity index is 809. The molecule has 1 unspecified atom stereocenters. The van der Waals surface area contributed by atoms with E-state index >= 15 is 0 Å². The smallest absolute Gasteiger partial charge is 0.287 e. The molecule has 1 N–H and O–H groups in total. The SMILES string of the molecule is Cc1noc(C(C)NC(=O)c2cc3cc(Cl)ccc3o2)n1. The lowest BCUT2D eigenvalue weighted by Crippen LogP contribution is -2.26. The van der Waals surface area contributed by atoms with Gasteiger partial charge >= 0.3 is 0 Å². The average Bonchev–Trinajstić information content (AvgIpc) is 3.04. The highest BCUT2D eigenvalue weighted by molar-refractivity contribution is 6.31. The Hall–Kier alpha value is -2.34. The van der Waals surface area contributed by atoms with E-state index in [0.29, 0.717) is 22.3 Å². The number of halogens is 1. The van der Waals surface area contributed by atoms with Gasteiger partial charge in [0.25, 0.3) is 5.91 Å². The molecule has 7 heteroatoms. The maximum Gasteiger partial charge on any atom is 0.287 e. The molecule has 1 atom stereocenters. The van der Waals surface area contributed by atoms with Gasteiger partial charge in [-0.25, -0.2) is 0 Å². The van der Waals surface area contributed by atoms with Gasteiger partial charge in [0.15, 0.2) is 11.6 Å². The van der Waals surface area contributed by atoms with Crippen molar-refractivity contribution in [3.8, 4) is 0 Å². The van der Waals surface area contributed by atoms with Gasteiger partial charge in [-0.2, -0.15) is 4.98 Å². The number of nitrogens with zero attached hydrogens (tertiary/aromatic N) is 2. The Morgan fingerprint density at radius 1 is 1.38 bits per heavy atom. The van der Waals surface area contributed by atoms with Crippen molar-refractivity contribution in [1.29, 1.82) is 0 Å². The highest BCUT2D eigenvalue weighted by Gasteiger charge is 2.19. The molecule has 0 bridgehead atoms. The monoisotopic (exact) mass is 305 g/mol. The van der Waals surface area contributed by atoms with E-state index in [2.05, 4.69) is 15.5 Å². The predicted octanol–water partition coefficient (Wildman–Crippen LogP) is 3.27. The molecule has 0 aliphatic rings. The van der Waals surface area contributed by atoms with Crippen molar-refractivity contribution in [2.75, 3.05) is 0 Å². The quantitative estimate of drug-likeness (QED) is 0.803. The molecule has 2 heterocycles. The van der Waals surface area contributed by atoms with Crippen LogP contribution in [-0.2, 0) is 0 Å². The number of hydrogen-bond donors (Lipinski definition) is 1. The molecule has 108 valence electrons. The summed E-state index contributed by atoms with van der Waals surface area (Å²) < 4.78 is 10.5. The first-order chi connectivity index (χ1) is 10.0. The molecule has 0 radical (unpaired) electrons. The van der Waals surface area contributed by atoms with E-state index in [-0.39, 0.29) is 11.7 Å². The number of furan rings is 1. The standard InChI is InChI=1S/C14H12ClN3O3/c1-7(14-17-8(2)18-21-14)16-13(19)12-6-9-5-10(15)3-4-11(9)20-12/h3-7H,1-2H3,(H,16,19). The number of hydrogen-bond acceptors (Lipinski definition) is 5. The predicted molar refractivity (Wildman–Crippen MR) is 76.1 cm³/mol. The van der Waals surface area contributed by atoms with Crippen molar-refractivity contribution >= 4 is 28.5 Å². The average molecular weight is 306 g/mol. The van der Waals surface area contributed by atoms with E-state index in [0.717, 1.165) is 5.39 Å². The number of aromatic nitrogens is 2. The third-order valence-corrected chi connectivity index (χ3v) is 3.20. The third-order valence-electron chi connectivity index (χ3n) is 2.96. The summed E-state index contributed by atoms with van der Waals surface area (Å²) in [6.07, 6.45) is 0. The molecule has 1 amide bonds. The molecule has 0 saturated carbocycles. The molecule has 3 rings (SSSR count). The van der Waals surface area contributed by atoms with Gasteiger partial charge in [0.05, 0.1) is 0 Å². The van der Waals surface area contributed by atoms with Crippen molar-refractivity contribution in [1.82, 2.24) is 15.5 Å². The molecular formula is C14H12ClN3O3. The van der Waals surface area contributed by atoms with Crippen molar-refractivity contribution < 1.29 is 13.7 Å². The Kier molecular flexibility index (Phi) is 3.39. The molecule has 0 aliphatic heterocycles. The van der Waals surface area contributed by atoms with Crippen LogP contribution in [0, 0.1) is 6.92 Å². The second-order valence-corrected chi connectivity index (χ2v) is 5.10. The molecule has 1 aromatic carbocycles. The summed E-state index contributed by atoms with van der Waals surface area (Å²) in [6.45, 7) is 3.47. The summed E-state index contributed by atoms with van der Waals surface area (Å²) >= 11 is 5.90. The van der Waals surface area contributed by atoms with Crippen molar-refractivity contribution in [2.24, 2.45) is 0 Å². The van der Waals surface area contributed by atoms with Crippen LogP contribution in [0.1, 0.15) is 35.2 Å². The Labute approximate surface area is 125 Å². The summed E-state index contributed by atoms with van der Waals surface area (Å²) in [6, 6.07) is 6.40. The summed E-state index contributed by atoms with van der Waals surface area (Å²) in [4.78, 5) is 16.2. The zero-order valence-corrected chi connectivity index (χ0v) is 12.1. The van der Waals surface area contributed by atoms with Crippen LogP contribution in [0.3, 0.4) is 0 Å². The van der Waals surface area contributed by atoms with Gasteiger partial charge in [0.1, 0.15) is 11.6 Å². The second kappa shape index (κ2) is 5.21. The Morgan fingerprint density at radius 2 is 2.19 bits per heavy atom. The first-order valence-electron chi connectivity index (χ1n) is 6.33. The van der Waals surface area contributed by atoms with Crippen LogP contribution in [0.15, 0.2) is 33.2 Å². The molecule has 3 aromatic rings. The largest absolute Gasteiger partial charge is 0.451 e. The number of carbonyl (C=O) groups is 1. The van der Waals surface area contributed by atoms with Gasteiger partial charge < -0.3 is 14.3 Å². The van der Waals surface area contributed by atoms with Crippen LogP contribution < -0.4 is 5.32 Å². The van der Waals surface area contributed by atoms with E-state index in [1.54, 1.807) is 38.1 Å². The van der Waals surface area contributed by atoms with Crippen LogP contribution in [-0.4, -0.2) is 16.0 Å². The van der Waals surface area contributed by atoms with Gasteiger partial charge in [-0.3, -0.25) is 4.79 Å². The van der Waals surface area contributed by atoms with Gasteiger partial charge in [-0.15, -0.1) is 0 Å². The first-order valence-corrected chi connectivity index (χ1v) is 6.71. The van der Waals surface area contributed by atoms with E-state index in [4.69, 9.17) is 20.5 Å². The number of carbonyl (C=O) groups excluding carboxylic acids is 1. The number of benzene rings is 1. The van der Waals surface area contributed by atoms with Gasteiger partial charge in [-0.1, -0.05) is 16.8 Å². The molecule has 21 heavy (non-hydrogen) atoms. The van der Waals surface area contributed by atoms with Crippen LogP contribution in [0.2, 0.25) is 5.02 Å². The van der Waals surface area contributed by atoms with Crippen molar-refractivity contribution in [2.45, 2.75) is 19.9 Å². The van der Waals surface area contributed by atoms with Gasteiger partial charge in [0.2, 0.25) is 5.89 Å². The van der Waals surface area contributed by atoms with E-state index in [1.165, 1.54) is 0 Å². The minimum Gasteiger partial charge on any atom is -0.451 e. The van der Waals surface area contributed by atoms with Gasteiger partial charge in [0, 0.05) is 10.4 Å². The van der Waals surface area contributed by atoms with Crippen LogP contribution in [0.5, 0.6) is 0 Å². The maximum absolute atomic E-state index is 12.2. The zero-order chi connectivity index (χ0) is 15.0. The molecular weight excluding hydrogens is 294 g/mol. The fraction of sp³-hybridized carbons (Fsp3) is 0.214. The highest BCUT2D eigenvalue weighted by atomic mass is 35.5. The zero-order valence-electron chi connectivity index (χ0n) is 11.4. The highest BCUT2D eigenvalue weighted by Crippen LogP contribution is 2.23. The summed E-state index contributed by atoms with van der Waals surface area (Å²) in [5, 5.41) is 7.79. The van der Waals surface area contributed by atoms with Crippen molar-refractivity contribution in [3.63, 3.8) is 0 Å². The fourth-order valence-electron chi connectivity index (χ4n) is 1.94. The lowest BCUT2D eigenvalue weighted by Gasteiger charge is -2.07. The molecule has 0 fully saturated rings. The number of aryl methyl sites for hydroxylation is 1. The Morgan fingerprint density at radius 3 is 2.90 bits per heavy atom. The minimum atomic E-state index is -0.407. The minimum absolute atomic E-state index is 0.204. The van der Waals surface area contributed by atoms with Crippen LogP contribution in [0.25, 0.3) is 11.0 Å². The molecule has 0 saturated heterocycles. The van der Waals surface area contributed by atoms with Crippen LogP contribution >= 0.6 is 11.6 Å². The topological polar surface area (TPSA) is 81.2 Å². The van der Waals surface area contributed by atoms with Gasteiger partial charge in [-0.05, 0) is 38.1 Å². The van der Waals surface area contributed by atoms with E-state index < -0.39 is 6.04 Å². The molecule has 0 aliphatic carbocycles. The maximum atomic E-state index is 12.2. The summed E-state index contributed by atoms with van der Waals surface area (Å²) in [7, 11) is 0. The number of rotatable bonds is 3.